The molecule has 7 heteroatoms. The summed E-state index contributed by atoms with van der Waals surface area (Å²) < 4.78 is 18.8. The highest BCUT2D eigenvalue weighted by molar-refractivity contribution is 6.15. The number of amides is 1. The van der Waals surface area contributed by atoms with Crippen molar-refractivity contribution in [3.8, 4) is 17.2 Å². The van der Waals surface area contributed by atoms with Crippen molar-refractivity contribution in [2.45, 2.75) is 20.4 Å². The van der Waals surface area contributed by atoms with Crippen molar-refractivity contribution in [1.82, 2.24) is 4.57 Å². The Kier molecular flexibility index (Phi) is 4.95. The summed E-state index contributed by atoms with van der Waals surface area (Å²) in [5, 5.41) is 0.971. The first-order chi connectivity index (χ1) is 14.4. The summed E-state index contributed by atoms with van der Waals surface area (Å²) in [7, 11) is 1.62. The van der Waals surface area contributed by atoms with E-state index < -0.39 is 5.91 Å². The Labute approximate surface area is 173 Å². The second-order valence-corrected chi connectivity index (χ2v) is 7.01. The van der Waals surface area contributed by atoms with Gasteiger partial charge in [0.25, 0.3) is 5.91 Å². The number of aryl methyl sites for hydroxylation is 1. The van der Waals surface area contributed by atoms with Crippen molar-refractivity contribution in [2.75, 3.05) is 13.7 Å². The third-order valence-electron chi connectivity index (χ3n) is 5.15. The molecule has 0 radical (unpaired) electrons. The molecule has 0 aliphatic carbocycles. The molecule has 2 N–H and O–H groups in total. The number of carbonyl (C=O) groups excluding carboxylic acids is 2. The summed E-state index contributed by atoms with van der Waals surface area (Å²) in [5.41, 5.74) is 8.16. The van der Waals surface area contributed by atoms with E-state index in [9.17, 15) is 9.59 Å². The van der Waals surface area contributed by atoms with Gasteiger partial charge in [-0.3, -0.25) is 9.59 Å². The molecule has 4 rings (SSSR count). The van der Waals surface area contributed by atoms with Crippen LogP contribution < -0.4 is 19.9 Å². The van der Waals surface area contributed by atoms with Gasteiger partial charge in [0.2, 0.25) is 5.78 Å². The third kappa shape index (κ3) is 3.28. The van der Waals surface area contributed by atoms with Gasteiger partial charge in [-0.05, 0) is 50.3 Å². The highest BCUT2D eigenvalue weighted by Gasteiger charge is 2.30. The van der Waals surface area contributed by atoms with E-state index in [1.807, 2.05) is 24.4 Å². The molecule has 1 aliphatic heterocycles. The molecule has 1 amide bonds. The summed E-state index contributed by atoms with van der Waals surface area (Å²) in [6.45, 7) is 4.39. The Morgan fingerprint density at radius 3 is 2.77 bits per heavy atom. The van der Waals surface area contributed by atoms with Crippen molar-refractivity contribution in [1.29, 1.82) is 0 Å². The molecule has 0 atom stereocenters. The lowest BCUT2D eigenvalue weighted by Crippen LogP contribution is -2.20. The van der Waals surface area contributed by atoms with Crippen LogP contribution in [0.3, 0.4) is 0 Å². The van der Waals surface area contributed by atoms with Crippen LogP contribution in [0.15, 0.2) is 42.3 Å². The predicted molar refractivity (Wildman–Crippen MR) is 113 cm³/mol. The van der Waals surface area contributed by atoms with Crippen molar-refractivity contribution >= 4 is 28.7 Å². The molecule has 30 heavy (non-hydrogen) atoms. The Morgan fingerprint density at radius 2 is 2.07 bits per heavy atom. The van der Waals surface area contributed by atoms with Crippen LogP contribution in [-0.2, 0) is 11.3 Å². The van der Waals surface area contributed by atoms with E-state index in [1.165, 1.54) is 0 Å². The Bertz CT molecular complexity index is 1210. The fourth-order valence-electron chi connectivity index (χ4n) is 3.62. The number of ketones is 1. The van der Waals surface area contributed by atoms with E-state index in [0.717, 1.165) is 28.8 Å². The van der Waals surface area contributed by atoms with Crippen LogP contribution in [0.5, 0.6) is 17.2 Å². The van der Waals surface area contributed by atoms with E-state index in [4.69, 9.17) is 19.9 Å². The van der Waals surface area contributed by atoms with Gasteiger partial charge >= 0.3 is 0 Å². The second-order valence-electron chi connectivity index (χ2n) is 7.01. The Morgan fingerprint density at radius 1 is 1.27 bits per heavy atom. The molecule has 0 saturated carbocycles. The van der Waals surface area contributed by atoms with Gasteiger partial charge in [-0.2, -0.15) is 0 Å². The first kappa shape index (κ1) is 19.6. The van der Waals surface area contributed by atoms with E-state index in [2.05, 4.69) is 11.5 Å². The number of Topliss-reactive ketones (excluding diaryl/α,β-unsaturated/α-hetero) is 1. The fraction of sp³-hybridized carbons (Fsp3) is 0.217. The summed E-state index contributed by atoms with van der Waals surface area (Å²) in [4.78, 5) is 23.9. The molecule has 0 saturated heterocycles. The molecule has 7 nitrogen and oxygen atoms in total. The Hall–Kier alpha value is -3.74. The van der Waals surface area contributed by atoms with Gasteiger partial charge in [-0.1, -0.05) is 0 Å². The maximum atomic E-state index is 12.9. The highest BCUT2D eigenvalue weighted by atomic mass is 16.5. The van der Waals surface area contributed by atoms with Crippen LogP contribution in [0, 0.1) is 6.92 Å². The molecule has 2 heterocycles. The molecule has 0 fully saturated rings. The molecule has 3 aromatic rings. The first-order valence-corrected chi connectivity index (χ1v) is 9.58. The number of nitrogens with two attached hydrogens (primary N) is 1. The maximum Gasteiger partial charge on any atom is 0.255 e. The number of primary amides is 1. The van der Waals surface area contributed by atoms with Gasteiger partial charge in [0, 0.05) is 34.8 Å². The van der Waals surface area contributed by atoms with E-state index in [1.54, 1.807) is 32.2 Å². The summed E-state index contributed by atoms with van der Waals surface area (Å²) in [6, 6.07) is 9.14. The van der Waals surface area contributed by atoms with Crippen LogP contribution in [0.25, 0.3) is 17.0 Å². The number of nitrogens with zero attached hydrogens (tertiary/aromatic N) is 1. The lowest BCUT2D eigenvalue weighted by molar-refractivity contribution is -0.119. The SMILES string of the molecule is CCn1cc(/C=C2/Oc3c(ccc(OCC(N)=O)c3C)C2=O)c2cc(OC)ccc21. The van der Waals surface area contributed by atoms with E-state index >= 15 is 0 Å². The highest BCUT2D eigenvalue weighted by Crippen LogP contribution is 2.40. The molecular formula is C23H22N2O5. The van der Waals surface area contributed by atoms with Gasteiger partial charge in [0.15, 0.2) is 12.4 Å². The minimum Gasteiger partial charge on any atom is -0.497 e. The number of rotatable bonds is 6. The molecule has 0 spiro atoms. The maximum absolute atomic E-state index is 12.9. The number of benzene rings is 2. The topological polar surface area (TPSA) is 92.8 Å². The molecule has 1 aliphatic rings. The zero-order valence-electron chi connectivity index (χ0n) is 17.0. The van der Waals surface area contributed by atoms with Gasteiger partial charge < -0.3 is 24.5 Å². The zero-order chi connectivity index (χ0) is 21.4. The molecule has 0 unspecified atom stereocenters. The van der Waals surface area contributed by atoms with Crippen LogP contribution in [-0.4, -0.2) is 30.0 Å². The van der Waals surface area contributed by atoms with Gasteiger partial charge in [0.05, 0.1) is 12.7 Å². The molecular weight excluding hydrogens is 384 g/mol. The summed E-state index contributed by atoms with van der Waals surface area (Å²) >= 11 is 0. The third-order valence-corrected chi connectivity index (χ3v) is 5.15. The summed E-state index contributed by atoms with van der Waals surface area (Å²) in [5.74, 6) is 1.09. The smallest absolute Gasteiger partial charge is 0.255 e. The predicted octanol–water partition coefficient (Wildman–Crippen LogP) is 3.46. The Balaban J connectivity index is 1.74. The van der Waals surface area contributed by atoms with E-state index in [-0.39, 0.29) is 18.1 Å². The van der Waals surface area contributed by atoms with Gasteiger partial charge in [-0.25, -0.2) is 0 Å². The van der Waals surface area contributed by atoms with Crippen LogP contribution in [0.4, 0.5) is 0 Å². The minimum absolute atomic E-state index is 0.199. The largest absolute Gasteiger partial charge is 0.497 e. The number of hydrogen-bond donors (Lipinski definition) is 1. The van der Waals surface area contributed by atoms with Crippen LogP contribution >= 0.6 is 0 Å². The number of hydrogen-bond acceptors (Lipinski definition) is 5. The summed E-state index contributed by atoms with van der Waals surface area (Å²) in [6.07, 6.45) is 3.74. The first-order valence-electron chi connectivity index (χ1n) is 9.58. The van der Waals surface area contributed by atoms with Crippen molar-refractivity contribution < 1.29 is 23.8 Å². The number of aromatic nitrogens is 1. The average molecular weight is 406 g/mol. The second kappa shape index (κ2) is 7.59. The standard InChI is InChI=1S/C23H22N2O5/c1-4-25-11-14(17-10-15(28-3)5-7-18(17)25)9-20-22(27)16-6-8-19(29-12-21(24)26)13(2)23(16)30-20/h5-11H,4,12H2,1-3H3,(H2,24,26)/b20-9+. The zero-order valence-corrected chi connectivity index (χ0v) is 17.0. The number of fused-ring (bicyclic) bond motifs is 2. The normalized spacial score (nSPS) is 14.1. The lowest BCUT2D eigenvalue weighted by Gasteiger charge is -2.09. The van der Waals surface area contributed by atoms with Crippen molar-refractivity contribution in [2.24, 2.45) is 5.73 Å². The van der Waals surface area contributed by atoms with Gasteiger partial charge in [-0.15, -0.1) is 0 Å². The number of allylic oxidation sites excluding steroid dienone is 1. The van der Waals surface area contributed by atoms with Crippen LogP contribution in [0.2, 0.25) is 0 Å². The number of methoxy groups -OCH3 is 1. The monoisotopic (exact) mass is 406 g/mol. The fourth-order valence-corrected chi connectivity index (χ4v) is 3.62. The number of carbonyl (C=O) groups is 2. The average Bonchev–Trinajstić information content (AvgIpc) is 3.25. The molecule has 154 valence electrons. The number of ether oxygens (including phenoxy) is 3. The molecule has 2 aromatic carbocycles. The minimum atomic E-state index is -0.574. The molecule has 0 bridgehead atoms. The molecule has 1 aromatic heterocycles. The van der Waals surface area contributed by atoms with Crippen molar-refractivity contribution in [3.63, 3.8) is 0 Å². The van der Waals surface area contributed by atoms with Crippen molar-refractivity contribution in [3.05, 3.63) is 59.0 Å². The lowest BCUT2D eigenvalue weighted by atomic mass is 10.1. The van der Waals surface area contributed by atoms with Crippen LogP contribution in [0.1, 0.15) is 28.4 Å². The van der Waals surface area contributed by atoms with Gasteiger partial charge in [0.1, 0.15) is 17.2 Å². The van der Waals surface area contributed by atoms with E-state index in [0.29, 0.717) is 22.6 Å². The quantitative estimate of drug-likeness (QED) is 0.633.